The quantitative estimate of drug-likeness (QED) is 0.839. The topological polar surface area (TPSA) is 55.4 Å². The summed E-state index contributed by atoms with van der Waals surface area (Å²) >= 11 is 3.29. The van der Waals surface area contributed by atoms with Gasteiger partial charge in [0.05, 0.1) is 5.56 Å². The second-order valence-corrected chi connectivity index (χ2v) is 5.83. The van der Waals surface area contributed by atoms with Crippen molar-refractivity contribution in [2.24, 2.45) is 0 Å². The van der Waals surface area contributed by atoms with E-state index in [0.29, 0.717) is 11.3 Å². The highest BCUT2D eigenvalue weighted by atomic mass is 79.9. The number of hydrogen-bond donors (Lipinski definition) is 1. The first-order valence-electron chi connectivity index (χ1n) is 6.80. The third-order valence-electron chi connectivity index (χ3n) is 3.05. The number of ether oxygens (including phenoxy) is 1. The lowest BCUT2D eigenvalue weighted by atomic mass is 10.2. The van der Waals surface area contributed by atoms with Gasteiger partial charge in [-0.05, 0) is 50.2 Å². The van der Waals surface area contributed by atoms with Gasteiger partial charge in [0, 0.05) is 10.2 Å². The second kappa shape index (κ2) is 7.22. The SMILES string of the molecule is Cc1ccc(NC(=O)C(C)OC(=O)c2ccc(Br)cc2)cc1. The smallest absolute Gasteiger partial charge is 0.338 e. The van der Waals surface area contributed by atoms with Crippen molar-refractivity contribution in [2.75, 3.05) is 5.32 Å². The standard InChI is InChI=1S/C17H16BrNO3/c1-11-3-9-15(10-4-11)19-16(20)12(2)22-17(21)13-5-7-14(18)8-6-13/h3-10,12H,1-2H3,(H,19,20). The highest BCUT2D eigenvalue weighted by Gasteiger charge is 2.18. The van der Waals surface area contributed by atoms with Gasteiger partial charge < -0.3 is 10.1 Å². The van der Waals surface area contributed by atoms with E-state index in [2.05, 4.69) is 21.2 Å². The van der Waals surface area contributed by atoms with E-state index >= 15 is 0 Å². The summed E-state index contributed by atoms with van der Waals surface area (Å²) in [7, 11) is 0. The molecule has 1 atom stereocenters. The minimum Gasteiger partial charge on any atom is -0.449 e. The maximum absolute atomic E-state index is 12.0. The molecule has 0 saturated heterocycles. The Kier molecular flexibility index (Phi) is 5.33. The van der Waals surface area contributed by atoms with E-state index in [9.17, 15) is 9.59 Å². The highest BCUT2D eigenvalue weighted by Crippen LogP contribution is 2.13. The molecule has 0 aliphatic heterocycles. The van der Waals surface area contributed by atoms with Crippen LogP contribution in [0, 0.1) is 6.92 Å². The Morgan fingerprint density at radius 3 is 2.23 bits per heavy atom. The Morgan fingerprint density at radius 1 is 1.05 bits per heavy atom. The van der Waals surface area contributed by atoms with Gasteiger partial charge in [0.1, 0.15) is 0 Å². The Labute approximate surface area is 137 Å². The van der Waals surface area contributed by atoms with Crippen LogP contribution in [0.5, 0.6) is 0 Å². The van der Waals surface area contributed by atoms with E-state index in [4.69, 9.17) is 4.74 Å². The fourth-order valence-corrected chi connectivity index (χ4v) is 2.01. The van der Waals surface area contributed by atoms with E-state index < -0.39 is 12.1 Å². The molecule has 0 saturated carbocycles. The number of carbonyl (C=O) groups excluding carboxylic acids is 2. The van der Waals surface area contributed by atoms with Crippen molar-refractivity contribution in [2.45, 2.75) is 20.0 Å². The van der Waals surface area contributed by atoms with Gasteiger partial charge >= 0.3 is 5.97 Å². The van der Waals surface area contributed by atoms with Gasteiger partial charge in [0.25, 0.3) is 5.91 Å². The number of benzene rings is 2. The van der Waals surface area contributed by atoms with E-state index in [1.165, 1.54) is 0 Å². The van der Waals surface area contributed by atoms with Crippen LogP contribution in [0.25, 0.3) is 0 Å². The lowest BCUT2D eigenvalue weighted by Gasteiger charge is -2.13. The summed E-state index contributed by atoms with van der Waals surface area (Å²) in [6.07, 6.45) is -0.877. The molecule has 0 spiro atoms. The second-order valence-electron chi connectivity index (χ2n) is 4.91. The molecule has 22 heavy (non-hydrogen) atoms. The van der Waals surface area contributed by atoms with Crippen molar-refractivity contribution in [3.8, 4) is 0 Å². The van der Waals surface area contributed by atoms with Crippen molar-refractivity contribution < 1.29 is 14.3 Å². The van der Waals surface area contributed by atoms with Gasteiger partial charge in [-0.2, -0.15) is 0 Å². The normalized spacial score (nSPS) is 11.6. The van der Waals surface area contributed by atoms with Crippen LogP contribution in [-0.2, 0) is 9.53 Å². The highest BCUT2D eigenvalue weighted by molar-refractivity contribution is 9.10. The zero-order valence-electron chi connectivity index (χ0n) is 12.3. The summed E-state index contributed by atoms with van der Waals surface area (Å²) < 4.78 is 6.04. The molecule has 114 valence electrons. The van der Waals surface area contributed by atoms with Gasteiger partial charge in [0.15, 0.2) is 6.10 Å². The molecule has 0 aliphatic rings. The summed E-state index contributed by atoms with van der Waals surface area (Å²) in [4.78, 5) is 24.0. The molecule has 2 aromatic rings. The number of halogens is 1. The number of hydrogen-bond acceptors (Lipinski definition) is 3. The zero-order chi connectivity index (χ0) is 16.1. The van der Waals surface area contributed by atoms with Crippen LogP contribution in [-0.4, -0.2) is 18.0 Å². The van der Waals surface area contributed by atoms with E-state index in [1.807, 2.05) is 19.1 Å². The molecule has 0 radical (unpaired) electrons. The number of nitrogens with one attached hydrogen (secondary N) is 1. The first-order chi connectivity index (χ1) is 10.5. The van der Waals surface area contributed by atoms with Crippen LogP contribution in [0.4, 0.5) is 5.69 Å². The lowest BCUT2D eigenvalue weighted by molar-refractivity contribution is -0.123. The van der Waals surface area contributed by atoms with Crippen LogP contribution >= 0.6 is 15.9 Å². The van der Waals surface area contributed by atoms with Gasteiger partial charge in [0.2, 0.25) is 0 Å². The van der Waals surface area contributed by atoms with Crippen molar-refractivity contribution in [3.63, 3.8) is 0 Å². The van der Waals surface area contributed by atoms with Gasteiger partial charge in [-0.15, -0.1) is 0 Å². The minimum absolute atomic E-state index is 0.366. The number of rotatable bonds is 4. The summed E-state index contributed by atoms with van der Waals surface area (Å²) in [6.45, 7) is 3.51. The third kappa shape index (κ3) is 4.43. The largest absolute Gasteiger partial charge is 0.449 e. The first kappa shape index (κ1) is 16.2. The van der Waals surface area contributed by atoms with Gasteiger partial charge in [-0.25, -0.2) is 4.79 Å². The Morgan fingerprint density at radius 2 is 1.64 bits per heavy atom. The summed E-state index contributed by atoms with van der Waals surface area (Å²) in [5, 5.41) is 2.71. The number of esters is 1. The Bertz CT molecular complexity index is 665. The predicted molar refractivity (Wildman–Crippen MR) is 88.8 cm³/mol. The van der Waals surface area contributed by atoms with E-state index in [0.717, 1.165) is 10.0 Å². The van der Waals surface area contributed by atoms with Gasteiger partial charge in [-0.1, -0.05) is 33.6 Å². The predicted octanol–water partition coefficient (Wildman–Crippen LogP) is 3.94. The van der Waals surface area contributed by atoms with Crippen molar-refractivity contribution >= 4 is 33.5 Å². The molecule has 0 bridgehead atoms. The first-order valence-corrected chi connectivity index (χ1v) is 7.59. The zero-order valence-corrected chi connectivity index (χ0v) is 13.9. The maximum atomic E-state index is 12.0. The molecule has 1 unspecified atom stereocenters. The summed E-state index contributed by atoms with van der Waals surface area (Å²) in [5.74, 6) is -0.895. The van der Waals surface area contributed by atoms with Crippen LogP contribution < -0.4 is 5.32 Å². The van der Waals surface area contributed by atoms with Crippen molar-refractivity contribution in [3.05, 3.63) is 64.1 Å². The third-order valence-corrected chi connectivity index (χ3v) is 3.58. The number of amides is 1. The molecule has 2 rings (SSSR count). The average Bonchev–Trinajstić information content (AvgIpc) is 2.50. The molecular formula is C17H16BrNO3. The Balaban J connectivity index is 1.94. The molecule has 4 nitrogen and oxygen atoms in total. The van der Waals surface area contributed by atoms with Crippen molar-refractivity contribution in [1.29, 1.82) is 0 Å². The summed E-state index contributed by atoms with van der Waals surface area (Å²) in [6, 6.07) is 14.2. The molecular weight excluding hydrogens is 346 g/mol. The maximum Gasteiger partial charge on any atom is 0.338 e. The summed E-state index contributed by atoms with van der Waals surface area (Å²) in [5.41, 5.74) is 2.17. The minimum atomic E-state index is -0.877. The molecule has 0 fully saturated rings. The number of anilines is 1. The van der Waals surface area contributed by atoms with E-state index in [1.54, 1.807) is 43.3 Å². The van der Waals surface area contributed by atoms with E-state index in [-0.39, 0.29) is 5.91 Å². The molecule has 1 N–H and O–H groups in total. The molecule has 5 heteroatoms. The molecule has 1 amide bonds. The van der Waals surface area contributed by atoms with Crippen LogP contribution in [0.3, 0.4) is 0 Å². The molecule has 0 aromatic heterocycles. The Hall–Kier alpha value is -2.14. The monoisotopic (exact) mass is 361 g/mol. The molecule has 0 heterocycles. The number of carbonyl (C=O) groups is 2. The molecule has 2 aromatic carbocycles. The average molecular weight is 362 g/mol. The van der Waals surface area contributed by atoms with Gasteiger partial charge in [-0.3, -0.25) is 4.79 Å². The van der Waals surface area contributed by atoms with Crippen LogP contribution in [0.2, 0.25) is 0 Å². The molecule has 0 aliphatic carbocycles. The number of aryl methyl sites for hydroxylation is 1. The van der Waals surface area contributed by atoms with Crippen LogP contribution in [0.15, 0.2) is 53.0 Å². The van der Waals surface area contributed by atoms with Crippen LogP contribution in [0.1, 0.15) is 22.8 Å². The fourth-order valence-electron chi connectivity index (χ4n) is 1.75. The van der Waals surface area contributed by atoms with Crippen molar-refractivity contribution in [1.82, 2.24) is 0 Å². The lowest BCUT2D eigenvalue weighted by Crippen LogP contribution is -2.29. The fraction of sp³-hybridized carbons (Fsp3) is 0.176.